The monoisotopic (exact) mass is 316 g/mol. The van der Waals surface area contributed by atoms with E-state index in [2.05, 4.69) is 11.7 Å². The Morgan fingerprint density at radius 1 is 0.955 bits per heavy atom. The van der Waals surface area contributed by atoms with Crippen molar-refractivity contribution < 1.29 is 22.6 Å². The van der Waals surface area contributed by atoms with E-state index in [1.807, 2.05) is 0 Å². The van der Waals surface area contributed by atoms with Gasteiger partial charge in [0.2, 0.25) is 0 Å². The van der Waals surface area contributed by atoms with Crippen molar-refractivity contribution in [1.82, 2.24) is 0 Å². The molecule has 124 valence electrons. The van der Waals surface area contributed by atoms with Crippen molar-refractivity contribution >= 4 is 0 Å². The molecular weight excluding hydrogens is 293 g/mol. The van der Waals surface area contributed by atoms with Gasteiger partial charge in [0.05, 0.1) is 6.61 Å². The maximum Gasteiger partial charge on any atom is 0.573 e. The summed E-state index contributed by atoms with van der Waals surface area (Å²) in [6.45, 7) is 2.86. The van der Waals surface area contributed by atoms with Crippen LogP contribution in [0.2, 0.25) is 0 Å². The molecule has 0 bridgehead atoms. The first-order chi connectivity index (χ1) is 10.5. The summed E-state index contributed by atoms with van der Waals surface area (Å²) >= 11 is 0. The molecule has 2 rings (SSSR count). The Morgan fingerprint density at radius 2 is 1.50 bits per heavy atom. The van der Waals surface area contributed by atoms with Crippen LogP contribution in [0.15, 0.2) is 24.3 Å². The molecule has 0 heterocycles. The van der Waals surface area contributed by atoms with E-state index in [1.165, 1.54) is 62.8 Å². The predicted octanol–water partition coefficient (Wildman–Crippen LogP) is 5.57. The van der Waals surface area contributed by atoms with E-state index in [9.17, 15) is 13.2 Å². The van der Waals surface area contributed by atoms with Crippen molar-refractivity contribution in [3.05, 3.63) is 24.3 Å². The first kappa shape index (κ1) is 17.0. The van der Waals surface area contributed by atoms with Gasteiger partial charge in [-0.05, 0) is 48.9 Å². The molecule has 1 saturated carbocycles. The van der Waals surface area contributed by atoms with Gasteiger partial charge in [-0.3, -0.25) is 0 Å². The molecule has 1 fully saturated rings. The highest BCUT2D eigenvalue weighted by Gasteiger charge is 2.31. The van der Waals surface area contributed by atoms with E-state index >= 15 is 0 Å². The molecular formula is C17H23F3O2. The van der Waals surface area contributed by atoms with Gasteiger partial charge in [0.25, 0.3) is 0 Å². The second-order valence-corrected chi connectivity index (χ2v) is 6.01. The van der Waals surface area contributed by atoms with Crippen LogP contribution in [0.3, 0.4) is 0 Å². The summed E-state index contributed by atoms with van der Waals surface area (Å²) in [4.78, 5) is 0. The SMILES string of the molecule is CCCC1CCC(COc2ccc(OC(F)(F)F)cc2)CC1. The second-order valence-electron chi connectivity index (χ2n) is 6.01. The molecule has 1 aliphatic carbocycles. The van der Waals surface area contributed by atoms with Gasteiger partial charge in [-0.1, -0.05) is 32.6 Å². The van der Waals surface area contributed by atoms with Crippen LogP contribution in [-0.2, 0) is 0 Å². The van der Waals surface area contributed by atoms with Crippen molar-refractivity contribution in [3.63, 3.8) is 0 Å². The Labute approximate surface area is 129 Å². The van der Waals surface area contributed by atoms with Crippen LogP contribution in [0.5, 0.6) is 11.5 Å². The van der Waals surface area contributed by atoms with Crippen LogP contribution >= 0.6 is 0 Å². The molecule has 0 aliphatic heterocycles. The lowest BCUT2D eigenvalue weighted by Crippen LogP contribution is -2.20. The second kappa shape index (κ2) is 7.75. The molecule has 5 heteroatoms. The highest BCUT2D eigenvalue weighted by atomic mass is 19.4. The molecule has 0 saturated heterocycles. The molecule has 1 aromatic rings. The smallest absolute Gasteiger partial charge is 0.493 e. The number of halogens is 3. The van der Waals surface area contributed by atoms with Crippen LogP contribution < -0.4 is 9.47 Å². The van der Waals surface area contributed by atoms with E-state index < -0.39 is 6.36 Å². The predicted molar refractivity (Wildman–Crippen MR) is 79.0 cm³/mol. The zero-order chi connectivity index (χ0) is 16.0. The Morgan fingerprint density at radius 3 is 2.05 bits per heavy atom. The molecule has 1 aromatic carbocycles. The van der Waals surface area contributed by atoms with Crippen molar-refractivity contribution in [2.75, 3.05) is 6.61 Å². The first-order valence-corrected chi connectivity index (χ1v) is 7.95. The highest BCUT2D eigenvalue weighted by Crippen LogP contribution is 2.32. The lowest BCUT2D eigenvalue weighted by molar-refractivity contribution is -0.274. The van der Waals surface area contributed by atoms with Crippen molar-refractivity contribution in [2.45, 2.75) is 51.8 Å². The number of hydrogen-bond acceptors (Lipinski definition) is 2. The molecule has 0 amide bonds. The molecule has 0 atom stereocenters. The minimum atomic E-state index is -4.65. The van der Waals surface area contributed by atoms with Gasteiger partial charge >= 0.3 is 6.36 Å². The molecule has 2 nitrogen and oxygen atoms in total. The molecule has 0 radical (unpaired) electrons. The van der Waals surface area contributed by atoms with Crippen LogP contribution in [0.25, 0.3) is 0 Å². The summed E-state index contributed by atoms with van der Waals surface area (Å²) in [5.41, 5.74) is 0. The summed E-state index contributed by atoms with van der Waals surface area (Å²) in [7, 11) is 0. The average Bonchev–Trinajstić information content (AvgIpc) is 2.47. The van der Waals surface area contributed by atoms with Gasteiger partial charge in [-0.15, -0.1) is 13.2 Å². The van der Waals surface area contributed by atoms with E-state index in [0.717, 1.165) is 5.92 Å². The maximum atomic E-state index is 12.1. The molecule has 0 unspecified atom stereocenters. The summed E-state index contributed by atoms with van der Waals surface area (Å²) < 4.78 is 45.7. The lowest BCUT2D eigenvalue weighted by atomic mass is 9.80. The minimum Gasteiger partial charge on any atom is -0.493 e. The Bertz CT molecular complexity index is 434. The molecule has 0 N–H and O–H groups in total. The zero-order valence-electron chi connectivity index (χ0n) is 12.9. The molecule has 1 aliphatic rings. The van der Waals surface area contributed by atoms with Crippen molar-refractivity contribution in [1.29, 1.82) is 0 Å². The number of hydrogen-bond donors (Lipinski definition) is 0. The van der Waals surface area contributed by atoms with Gasteiger partial charge in [-0.2, -0.15) is 0 Å². The van der Waals surface area contributed by atoms with Gasteiger partial charge in [-0.25, -0.2) is 0 Å². The van der Waals surface area contributed by atoms with Crippen LogP contribution in [-0.4, -0.2) is 13.0 Å². The fourth-order valence-corrected chi connectivity index (χ4v) is 3.05. The largest absolute Gasteiger partial charge is 0.573 e. The van der Waals surface area contributed by atoms with Crippen LogP contribution in [0, 0.1) is 11.8 Å². The highest BCUT2D eigenvalue weighted by molar-refractivity contribution is 5.31. The Balaban J connectivity index is 1.73. The summed E-state index contributed by atoms with van der Waals surface area (Å²) in [5, 5.41) is 0. The summed E-state index contributed by atoms with van der Waals surface area (Å²) in [6.07, 6.45) is 2.80. The first-order valence-electron chi connectivity index (χ1n) is 7.95. The van der Waals surface area contributed by atoms with Crippen molar-refractivity contribution in [3.8, 4) is 11.5 Å². The number of alkyl halides is 3. The number of rotatable bonds is 6. The third kappa shape index (κ3) is 5.78. The van der Waals surface area contributed by atoms with Crippen molar-refractivity contribution in [2.24, 2.45) is 11.8 Å². The average molecular weight is 316 g/mol. The number of benzene rings is 1. The lowest BCUT2D eigenvalue weighted by Gasteiger charge is -2.28. The number of ether oxygens (including phenoxy) is 2. The third-order valence-corrected chi connectivity index (χ3v) is 4.21. The third-order valence-electron chi connectivity index (χ3n) is 4.21. The zero-order valence-corrected chi connectivity index (χ0v) is 12.9. The minimum absolute atomic E-state index is 0.222. The Hall–Kier alpha value is -1.39. The topological polar surface area (TPSA) is 18.5 Å². The molecule has 22 heavy (non-hydrogen) atoms. The normalized spacial score (nSPS) is 22.4. The fourth-order valence-electron chi connectivity index (χ4n) is 3.05. The quantitative estimate of drug-likeness (QED) is 0.683. The molecule has 0 spiro atoms. The van der Waals surface area contributed by atoms with E-state index in [0.29, 0.717) is 18.3 Å². The summed E-state index contributed by atoms with van der Waals surface area (Å²) in [6, 6.07) is 5.59. The van der Waals surface area contributed by atoms with Gasteiger partial charge < -0.3 is 9.47 Å². The maximum absolute atomic E-state index is 12.1. The summed E-state index contributed by atoms with van der Waals surface area (Å²) in [5.74, 6) is 1.78. The van der Waals surface area contributed by atoms with Crippen LogP contribution in [0.4, 0.5) is 13.2 Å². The fraction of sp³-hybridized carbons (Fsp3) is 0.647. The Kier molecular flexibility index (Phi) is 5.98. The van der Waals surface area contributed by atoms with E-state index in [4.69, 9.17) is 4.74 Å². The van der Waals surface area contributed by atoms with E-state index in [1.54, 1.807) is 0 Å². The van der Waals surface area contributed by atoms with Gasteiger partial charge in [0, 0.05) is 0 Å². The standard InChI is InChI=1S/C17H23F3O2/c1-2-3-13-4-6-14(7-5-13)12-21-15-8-10-16(11-9-15)22-17(18,19)20/h8-11,13-14H,2-7,12H2,1H3. The molecule has 0 aromatic heterocycles. The van der Waals surface area contributed by atoms with Crippen LogP contribution in [0.1, 0.15) is 45.4 Å². The van der Waals surface area contributed by atoms with Gasteiger partial charge in [0.15, 0.2) is 0 Å². The van der Waals surface area contributed by atoms with Gasteiger partial charge in [0.1, 0.15) is 11.5 Å². The van der Waals surface area contributed by atoms with E-state index in [-0.39, 0.29) is 5.75 Å².